The summed E-state index contributed by atoms with van der Waals surface area (Å²) in [6, 6.07) is 9.98. The Balaban J connectivity index is 1.88. The highest BCUT2D eigenvalue weighted by atomic mass is 19.4. The molecule has 0 amide bonds. The summed E-state index contributed by atoms with van der Waals surface area (Å²) in [5.41, 5.74) is 2.76. The molecule has 0 saturated heterocycles. The largest absolute Gasteiger partial charge is 0.465 e. The maximum Gasteiger partial charge on any atom is 0.416 e. The third-order valence-corrected chi connectivity index (χ3v) is 4.89. The van der Waals surface area contributed by atoms with E-state index < -0.39 is 17.7 Å². The van der Waals surface area contributed by atoms with Gasteiger partial charge in [-0.05, 0) is 67.3 Å². The number of nitrogens with zero attached hydrogens (tertiary/aromatic N) is 2. The van der Waals surface area contributed by atoms with Gasteiger partial charge in [-0.2, -0.15) is 18.3 Å². The van der Waals surface area contributed by atoms with E-state index in [1.165, 1.54) is 19.2 Å². The van der Waals surface area contributed by atoms with E-state index in [4.69, 9.17) is 4.74 Å². The van der Waals surface area contributed by atoms with E-state index in [2.05, 4.69) is 11.2 Å². The van der Waals surface area contributed by atoms with Gasteiger partial charge >= 0.3 is 12.1 Å². The van der Waals surface area contributed by atoms with Gasteiger partial charge in [0.05, 0.1) is 35.1 Å². The van der Waals surface area contributed by atoms with Crippen molar-refractivity contribution in [3.05, 3.63) is 65.4 Å². The highest BCUT2D eigenvalue weighted by Crippen LogP contribution is 2.35. The molecule has 0 unspecified atom stereocenters. The van der Waals surface area contributed by atoms with Gasteiger partial charge in [0.15, 0.2) is 0 Å². The Hall–Kier alpha value is -3.09. The van der Waals surface area contributed by atoms with Crippen LogP contribution in [0, 0.1) is 0 Å². The molecule has 0 saturated carbocycles. The number of benzene rings is 2. The molecule has 2 aromatic carbocycles. The molecule has 1 heterocycles. The predicted octanol–water partition coefficient (Wildman–Crippen LogP) is 5.40. The van der Waals surface area contributed by atoms with Gasteiger partial charge in [-0.1, -0.05) is 6.08 Å². The zero-order valence-corrected chi connectivity index (χ0v) is 15.1. The van der Waals surface area contributed by atoms with Gasteiger partial charge in [0, 0.05) is 5.39 Å². The summed E-state index contributed by atoms with van der Waals surface area (Å²) in [6.07, 6.45) is 0.590. The Morgan fingerprint density at radius 1 is 1.14 bits per heavy atom. The van der Waals surface area contributed by atoms with Crippen molar-refractivity contribution < 1.29 is 22.7 Å². The number of carbonyl (C=O) groups is 1. The van der Waals surface area contributed by atoms with Crippen molar-refractivity contribution in [2.24, 2.45) is 0 Å². The van der Waals surface area contributed by atoms with Crippen LogP contribution in [0.3, 0.4) is 0 Å². The summed E-state index contributed by atoms with van der Waals surface area (Å²) in [7, 11) is 1.32. The molecule has 1 aliphatic carbocycles. The molecular weight excluding hydrogens is 369 g/mol. The number of hydrogen-bond donors (Lipinski definition) is 0. The third kappa shape index (κ3) is 3.17. The van der Waals surface area contributed by atoms with E-state index in [0.29, 0.717) is 11.3 Å². The van der Waals surface area contributed by atoms with E-state index in [-0.39, 0.29) is 0 Å². The Morgan fingerprint density at radius 3 is 2.50 bits per heavy atom. The van der Waals surface area contributed by atoms with Crippen molar-refractivity contribution >= 4 is 22.4 Å². The minimum Gasteiger partial charge on any atom is -0.465 e. The normalized spacial score (nSPS) is 14.4. The van der Waals surface area contributed by atoms with E-state index >= 15 is 0 Å². The summed E-state index contributed by atoms with van der Waals surface area (Å²) >= 11 is 0. The maximum atomic E-state index is 12.9. The van der Waals surface area contributed by atoms with Crippen molar-refractivity contribution in [3.63, 3.8) is 0 Å². The summed E-state index contributed by atoms with van der Waals surface area (Å²) in [6.45, 7) is 0. The lowest BCUT2D eigenvalue weighted by Crippen LogP contribution is -2.05. The molecule has 0 N–H and O–H groups in total. The molecule has 0 fully saturated rings. The first-order chi connectivity index (χ1) is 13.4. The fourth-order valence-corrected chi connectivity index (χ4v) is 3.47. The molecule has 4 nitrogen and oxygen atoms in total. The number of fused-ring (bicyclic) bond motifs is 1. The van der Waals surface area contributed by atoms with Crippen LogP contribution < -0.4 is 0 Å². The van der Waals surface area contributed by atoms with Gasteiger partial charge in [-0.3, -0.25) is 0 Å². The van der Waals surface area contributed by atoms with Crippen molar-refractivity contribution in [3.8, 4) is 5.69 Å². The number of ether oxygens (including phenoxy) is 1. The minimum atomic E-state index is -4.39. The van der Waals surface area contributed by atoms with Crippen LogP contribution in [-0.2, 0) is 10.9 Å². The molecule has 144 valence electrons. The van der Waals surface area contributed by atoms with Crippen LogP contribution in [0.5, 0.6) is 0 Å². The van der Waals surface area contributed by atoms with Gasteiger partial charge in [0.1, 0.15) is 0 Å². The van der Waals surface area contributed by atoms with E-state index in [1.807, 2.05) is 0 Å². The Morgan fingerprint density at radius 2 is 1.89 bits per heavy atom. The second-order valence-electron chi connectivity index (χ2n) is 6.65. The quantitative estimate of drug-likeness (QED) is 0.566. The van der Waals surface area contributed by atoms with Crippen molar-refractivity contribution in [1.29, 1.82) is 0 Å². The number of hydrogen-bond acceptors (Lipinski definition) is 3. The van der Waals surface area contributed by atoms with Crippen LogP contribution in [0.15, 0.2) is 48.5 Å². The first-order valence-electron chi connectivity index (χ1n) is 8.86. The number of alkyl halides is 3. The number of carbonyl (C=O) groups excluding carboxylic acids is 1. The van der Waals surface area contributed by atoms with Crippen molar-refractivity contribution in [2.75, 3.05) is 7.11 Å². The molecule has 0 aliphatic heterocycles. The minimum absolute atomic E-state index is 0.404. The number of halogens is 3. The Bertz CT molecular complexity index is 1080. The fraction of sp³-hybridized carbons (Fsp3) is 0.238. The smallest absolute Gasteiger partial charge is 0.416 e. The summed E-state index contributed by atoms with van der Waals surface area (Å²) in [4.78, 5) is 11.9. The van der Waals surface area contributed by atoms with Crippen LogP contribution in [0.1, 0.15) is 40.9 Å². The molecular formula is C21H17F3N2O2. The number of methoxy groups -OCH3 is 1. The Kier molecular flexibility index (Phi) is 4.45. The topological polar surface area (TPSA) is 44.1 Å². The third-order valence-electron chi connectivity index (χ3n) is 4.89. The number of rotatable bonds is 3. The first kappa shape index (κ1) is 18.3. The second kappa shape index (κ2) is 6.82. The summed E-state index contributed by atoms with van der Waals surface area (Å²) in [5.74, 6) is -0.449. The van der Waals surface area contributed by atoms with Gasteiger partial charge in [0.2, 0.25) is 0 Å². The molecule has 0 atom stereocenters. The zero-order valence-electron chi connectivity index (χ0n) is 15.1. The van der Waals surface area contributed by atoms with Crippen LogP contribution >= 0.6 is 0 Å². The molecule has 1 aromatic heterocycles. The maximum absolute atomic E-state index is 12.9. The predicted molar refractivity (Wildman–Crippen MR) is 99.2 cm³/mol. The number of aromatic nitrogens is 2. The molecule has 0 radical (unpaired) electrons. The second-order valence-corrected chi connectivity index (χ2v) is 6.65. The average molecular weight is 386 g/mol. The van der Waals surface area contributed by atoms with Crippen LogP contribution in [-0.4, -0.2) is 22.9 Å². The van der Waals surface area contributed by atoms with Crippen LogP contribution in [0.4, 0.5) is 13.2 Å². The van der Waals surface area contributed by atoms with E-state index in [1.54, 1.807) is 22.9 Å². The standard InChI is InChI=1S/C21H17F3N2O2/c1-28-20(27)14-6-11-18-17(12-14)19(13-4-2-3-5-13)25-26(18)16-9-7-15(8-10-16)21(22,23)24/h4,6-12H,2-3,5H2,1H3. The lowest BCUT2D eigenvalue weighted by atomic mass is 10.1. The molecule has 7 heteroatoms. The van der Waals surface area contributed by atoms with Crippen molar-refractivity contribution in [2.45, 2.75) is 25.4 Å². The lowest BCUT2D eigenvalue weighted by molar-refractivity contribution is -0.137. The zero-order chi connectivity index (χ0) is 19.9. The molecule has 4 rings (SSSR count). The highest BCUT2D eigenvalue weighted by Gasteiger charge is 2.30. The monoisotopic (exact) mass is 386 g/mol. The van der Waals surface area contributed by atoms with Gasteiger partial charge in [-0.25, -0.2) is 9.48 Å². The summed E-state index contributed by atoms with van der Waals surface area (Å²) in [5, 5.41) is 5.45. The number of esters is 1. The van der Waals surface area contributed by atoms with E-state index in [9.17, 15) is 18.0 Å². The first-order valence-corrected chi connectivity index (χ1v) is 8.86. The Labute approximate surface area is 159 Å². The molecule has 28 heavy (non-hydrogen) atoms. The molecule has 0 bridgehead atoms. The average Bonchev–Trinajstić information content (AvgIpc) is 3.34. The summed E-state index contributed by atoms with van der Waals surface area (Å²) < 4.78 is 45.0. The van der Waals surface area contributed by atoms with Gasteiger partial charge in [-0.15, -0.1) is 0 Å². The van der Waals surface area contributed by atoms with Crippen molar-refractivity contribution in [1.82, 2.24) is 9.78 Å². The highest BCUT2D eigenvalue weighted by molar-refractivity contribution is 5.98. The van der Waals surface area contributed by atoms with Gasteiger partial charge < -0.3 is 4.74 Å². The SMILES string of the molecule is COC(=O)c1ccc2c(c1)c(C1=CCCC1)nn2-c1ccc(C(F)(F)F)cc1. The fourth-order valence-electron chi connectivity index (χ4n) is 3.47. The van der Waals surface area contributed by atoms with Crippen LogP contribution in [0.25, 0.3) is 22.2 Å². The molecule has 3 aromatic rings. The lowest BCUT2D eigenvalue weighted by Gasteiger charge is -2.08. The molecule has 1 aliphatic rings. The van der Waals surface area contributed by atoms with Gasteiger partial charge in [0.25, 0.3) is 0 Å². The van der Waals surface area contributed by atoms with Crippen LogP contribution in [0.2, 0.25) is 0 Å². The number of allylic oxidation sites excluding steroid dienone is 2. The molecule has 0 spiro atoms. The van der Waals surface area contributed by atoms with E-state index in [0.717, 1.165) is 53.6 Å².